The molecule has 0 saturated heterocycles. The van der Waals surface area contributed by atoms with E-state index in [0.29, 0.717) is 5.56 Å². The Hall–Kier alpha value is -2.58. The number of phenols is 1. The molecule has 1 amide bonds. The fraction of sp³-hybridized carbons (Fsp3) is 0.150. The lowest BCUT2D eigenvalue weighted by Crippen LogP contribution is -2.30. The number of nitrogens with one attached hydrogen (secondary N) is 1. The third kappa shape index (κ3) is 4.28. The topological polar surface area (TPSA) is 52.6 Å². The van der Waals surface area contributed by atoms with E-state index in [1.54, 1.807) is 24.1 Å². The summed E-state index contributed by atoms with van der Waals surface area (Å²) in [4.78, 5) is 13.8. The predicted molar refractivity (Wildman–Crippen MR) is 105 cm³/mol. The van der Waals surface area contributed by atoms with Crippen molar-refractivity contribution in [1.82, 2.24) is 4.90 Å². The van der Waals surface area contributed by atoms with E-state index in [2.05, 4.69) is 21.2 Å². The predicted octanol–water partition coefficient (Wildman–Crippen LogP) is 4.80. The van der Waals surface area contributed by atoms with Crippen LogP contribution in [0.2, 0.25) is 0 Å². The van der Waals surface area contributed by atoms with Crippen LogP contribution in [0.1, 0.15) is 5.56 Å². The van der Waals surface area contributed by atoms with Gasteiger partial charge < -0.3 is 10.4 Å². The Balaban J connectivity index is 1.73. The highest BCUT2D eigenvalue weighted by Crippen LogP contribution is 2.30. The van der Waals surface area contributed by atoms with Crippen LogP contribution in [-0.2, 0) is 11.3 Å². The van der Waals surface area contributed by atoms with Gasteiger partial charge in [-0.25, -0.2) is 13.2 Å². The van der Waals surface area contributed by atoms with Crippen molar-refractivity contribution in [1.29, 1.82) is 0 Å². The molecule has 8 heteroatoms. The van der Waals surface area contributed by atoms with Crippen LogP contribution in [0.4, 0.5) is 18.9 Å². The third-order valence-electron chi connectivity index (χ3n) is 4.22. The number of fused-ring (bicyclic) bond motifs is 1. The highest BCUT2D eigenvalue weighted by Gasteiger charge is 2.17. The Morgan fingerprint density at radius 3 is 2.61 bits per heavy atom. The number of amides is 1. The summed E-state index contributed by atoms with van der Waals surface area (Å²) in [7, 11) is 1.65. The van der Waals surface area contributed by atoms with Crippen molar-refractivity contribution in [2.75, 3.05) is 18.9 Å². The highest BCUT2D eigenvalue weighted by atomic mass is 79.9. The van der Waals surface area contributed by atoms with E-state index in [1.165, 1.54) is 0 Å². The molecule has 0 unspecified atom stereocenters. The minimum absolute atomic E-state index is 0.0914. The molecule has 0 fully saturated rings. The molecule has 0 aliphatic rings. The lowest BCUT2D eigenvalue weighted by Gasteiger charge is -2.19. The standard InChI is InChI=1S/C20H16BrF3N2O2/c1-26(10-18(28)25-16-6-5-15(22)19(23)20(16)24)9-14-13-4-3-12(21)8-11(13)2-7-17(14)27/h2-8,27H,9-10H2,1H3,(H,25,28). The molecule has 3 aromatic carbocycles. The lowest BCUT2D eigenvalue weighted by molar-refractivity contribution is -0.117. The zero-order valence-electron chi connectivity index (χ0n) is 14.8. The van der Waals surface area contributed by atoms with Crippen LogP contribution < -0.4 is 5.32 Å². The summed E-state index contributed by atoms with van der Waals surface area (Å²) in [5.74, 6) is -4.93. The number of nitrogens with zero attached hydrogens (tertiary/aromatic N) is 1. The largest absolute Gasteiger partial charge is 0.508 e. The van der Waals surface area contributed by atoms with Gasteiger partial charge in [0, 0.05) is 16.6 Å². The summed E-state index contributed by atoms with van der Waals surface area (Å²) < 4.78 is 40.8. The van der Waals surface area contributed by atoms with Crippen molar-refractivity contribution < 1.29 is 23.1 Å². The van der Waals surface area contributed by atoms with E-state index in [4.69, 9.17) is 0 Å². The van der Waals surface area contributed by atoms with Crippen molar-refractivity contribution >= 4 is 38.3 Å². The van der Waals surface area contributed by atoms with E-state index < -0.39 is 29.0 Å². The lowest BCUT2D eigenvalue weighted by atomic mass is 10.0. The van der Waals surface area contributed by atoms with Crippen LogP contribution in [0.5, 0.6) is 5.75 Å². The number of carbonyl (C=O) groups excluding carboxylic acids is 1. The molecule has 0 bridgehead atoms. The summed E-state index contributed by atoms with van der Waals surface area (Å²) >= 11 is 3.40. The molecular formula is C20H16BrF3N2O2. The van der Waals surface area contributed by atoms with Crippen molar-refractivity contribution in [2.45, 2.75) is 6.54 Å². The smallest absolute Gasteiger partial charge is 0.238 e. The maximum absolute atomic E-state index is 13.7. The first-order valence-electron chi connectivity index (χ1n) is 8.28. The second-order valence-electron chi connectivity index (χ2n) is 6.37. The van der Waals surface area contributed by atoms with Gasteiger partial charge in [-0.2, -0.15) is 0 Å². The molecule has 0 radical (unpaired) electrons. The van der Waals surface area contributed by atoms with Crippen molar-refractivity contribution in [3.05, 3.63) is 70.0 Å². The van der Waals surface area contributed by atoms with Gasteiger partial charge in [0.2, 0.25) is 5.91 Å². The molecule has 0 atom stereocenters. The number of hydrogen-bond acceptors (Lipinski definition) is 3. The van der Waals surface area contributed by atoms with E-state index >= 15 is 0 Å². The number of halogens is 4. The van der Waals surface area contributed by atoms with Crippen molar-refractivity contribution in [2.24, 2.45) is 0 Å². The van der Waals surface area contributed by atoms with Gasteiger partial charge >= 0.3 is 0 Å². The Morgan fingerprint density at radius 2 is 1.86 bits per heavy atom. The van der Waals surface area contributed by atoms with Crippen LogP contribution in [0, 0.1) is 17.5 Å². The summed E-state index contributed by atoms with van der Waals surface area (Å²) in [6.07, 6.45) is 0. The monoisotopic (exact) mass is 452 g/mol. The molecule has 0 heterocycles. The zero-order valence-corrected chi connectivity index (χ0v) is 16.4. The van der Waals surface area contributed by atoms with Crippen LogP contribution in [-0.4, -0.2) is 29.5 Å². The molecule has 146 valence electrons. The molecule has 3 aromatic rings. The Morgan fingerprint density at radius 1 is 1.11 bits per heavy atom. The normalized spacial score (nSPS) is 11.2. The van der Waals surface area contributed by atoms with E-state index in [9.17, 15) is 23.1 Å². The Bertz CT molecular complexity index is 1060. The second kappa shape index (κ2) is 8.20. The maximum atomic E-state index is 13.7. The molecule has 0 aliphatic heterocycles. The first-order chi connectivity index (χ1) is 13.3. The summed E-state index contributed by atoms with van der Waals surface area (Å²) in [5.41, 5.74) is 0.203. The van der Waals surface area contributed by atoms with Crippen LogP contribution in [0.3, 0.4) is 0 Å². The van der Waals surface area contributed by atoms with Crippen molar-refractivity contribution in [3.63, 3.8) is 0 Å². The molecule has 4 nitrogen and oxygen atoms in total. The number of anilines is 1. The fourth-order valence-electron chi connectivity index (χ4n) is 2.90. The van der Waals surface area contributed by atoms with Gasteiger partial charge in [0.1, 0.15) is 5.75 Å². The SMILES string of the molecule is CN(CC(=O)Nc1ccc(F)c(F)c1F)Cc1c(O)ccc2cc(Br)ccc12. The summed E-state index contributed by atoms with van der Waals surface area (Å²) in [6, 6.07) is 10.7. The average molecular weight is 453 g/mol. The molecule has 28 heavy (non-hydrogen) atoms. The van der Waals surface area contributed by atoms with E-state index in [-0.39, 0.29) is 18.8 Å². The van der Waals surface area contributed by atoms with Gasteiger partial charge in [-0.15, -0.1) is 0 Å². The van der Waals surface area contributed by atoms with Crippen LogP contribution in [0.15, 0.2) is 46.9 Å². The minimum atomic E-state index is -1.64. The van der Waals surface area contributed by atoms with Gasteiger partial charge in [0.25, 0.3) is 0 Å². The molecular weight excluding hydrogens is 437 g/mol. The quantitative estimate of drug-likeness (QED) is 0.546. The van der Waals surface area contributed by atoms with E-state index in [1.807, 2.05) is 18.2 Å². The minimum Gasteiger partial charge on any atom is -0.508 e. The number of rotatable bonds is 5. The third-order valence-corrected chi connectivity index (χ3v) is 4.71. The fourth-order valence-corrected chi connectivity index (χ4v) is 3.28. The zero-order chi connectivity index (χ0) is 20.4. The number of likely N-dealkylation sites (N-methyl/N-ethyl adjacent to an activating group) is 1. The summed E-state index contributed by atoms with van der Waals surface area (Å²) in [5, 5.41) is 14.2. The number of benzene rings is 3. The number of carbonyl (C=O) groups is 1. The molecule has 2 N–H and O–H groups in total. The van der Waals surface area contributed by atoms with Gasteiger partial charge in [-0.3, -0.25) is 9.69 Å². The summed E-state index contributed by atoms with van der Waals surface area (Å²) in [6.45, 7) is 0.100. The number of aromatic hydroxyl groups is 1. The maximum Gasteiger partial charge on any atom is 0.238 e. The van der Waals surface area contributed by atoms with Crippen LogP contribution >= 0.6 is 15.9 Å². The van der Waals surface area contributed by atoms with Gasteiger partial charge in [0.05, 0.1) is 12.2 Å². The average Bonchev–Trinajstić information content (AvgIpc) is 2.64. The Labute approximate surface area is 167 Å². The molecule has 0 aromatic heterocycles. The molecule has 3 rings (SSSR count). The second-order valence-corrected chi connectivity index (χ2v) is 7.29. The number of phenolic OH excluding ortho intramolecular Hbond substituents is 1. The first-order valence-corrected chi connectivity index (χ1v) is 9.07. The molecule has 0 aliphatic carbocycles. The number of hydrogen-bond donors (Lipinski definition) is 2. The first kappa shape index (κ1) is 20.2. The Kier molecular flexibility index (Phi) is 5.90. The van der Waals surface area contributed by atoms with E-state index in [0.717, 1.165) is 27.4 Å². The highest BCUT2D eigenvalue weighted by molar-refractivity contribution is 9.10. The molecule has 0 spiro atoms. The van der Waals surface area contributed by atoms with Gasteiger partial charge in [-0.05, 0) is 48.2 Å². The molecule has 0 saturated carbocycles. The van der Waals surface area contributed by atoms with Crippen molar-refractivity contribution in [3.8, 4) is 5.75 Å². The van der Waals surface area contributed by atoms with Crippen LogP contribution in [0.25, 0.3) is 10.8 Å². The van der Waals surface area contributed by atoms with Gasteiger partial charge in [0.15, 0.2) is 17.5 Å². The van der Waals surface area contributed by atoms with Gasteiger partial charge in [-0.1, -0.05) is 28.1 Å².